The average Bonchev–Trinajstić information content (AvgIpc) is 3.27. The van der Waals surface area contributed by atoms with Gasteiger partial charge in [0.2, 0.25) is 18.6 Å². The lowest BCUT2D eigenvalue weighted by atomic mass is 9.89. The fourth-order valence-corrected chi connectivity index (χ4v) is 3.86. The second kappa shape index (κ2) is 11.5. The van der Waals surface area contributed by atoms with Crippen LogP contribution in [0.25, 0.3) is 5.70 Å². The van der Waals surface area contributed by atoms with Gasteiger partial charge in [-0.1, -0.05) is 19.9 Å². The van der Waals surface area contributed by atoms with E-state index in [1.807, 2.05) is 49.2 Å². The number of nitrogens with two attached hydrogens (primary N) is 1. The Morgan fingerprint density at radius 2 is 1.86 bits per heavy atom. The van der Waals surface area contributed by atoms with Crippen LogP contribution < -0.4 is 30.8 Å². The lowest BCUT2D eigenvalue weighted by Gasteiger charge is -2.29. The van der Waals surface area contributed by atoms with Crippen LogP contribution in [-0.4, -0.2) is 37.9 Å². The SMILES string of the molecule is C=NN(C1=C(C)CCc2ccc(NC(=O)CNC(C)C)cc21)c1ccc2c(c1)OCO2.CC(N)=O. The third kappa shape index (κ3) is 6.60. The first-order valence-electron chi connectivity index (χ1n) is 11.5. The highest BCUT2D eigenvalue weighted by Gasteiger charge is 2.25. The summed E-state index contributed by atoms with van der Waals surface area (Å²) in [6.45, 7) is 11.8. The van der Waals surface area contributed by atoms with Gasteiger partial charge in [0, 0.05) is 37.0 Å². The molecule has 0 aromatic heterocycles. The fraction of sp³-hybridized carbons (Fsp3) is 0.346. The van der Waals surface area contributed by atoms with Gasteiger partial charge in [-0.3, -0.25) is 9.59 Å². The summed E-state index contributed by atoms with van der Waals surface area (Å²) in [6.07, 6.45) is 1.88. The second-order valence-corrected chi connectivity index (χ2v) is 8.69. The van der Waals surface area contributed by atoms with Gasteiger partial charge in [-0.15, -0.1) is 0 Å². The van der Waals surface area contributed by atoms with E-state index < -0.39 is 0 Å². The largest absolute Gasteiger partial charge is 0.454 e. The zero-order valence-corrected chi connectivity index (χ0v) is 20.7. The minimum atomic E-state index is -0.333. The molecule has 4 rings (SSSR count). The lowest BCUT2D eigenvalue weighted by molar-refractivity contribution is -0.116. The third-order valence-corrected chi connectivity index (χ3v) is 5.45. The number of rotatable bonds is 7. The van der Waals surface area contributed by atoms with Crippen LogP contribution in [0.3, 0.4) is 0 Å². The molecule has 4 N–H and O–H groups in total. The van der Waals surface area contributed by atoms with Crippen LogP contribution in [0.15, 0.2) is 47.1 Å². The first-order valence-corrected chi connectivity index (χ1v) is 11.5. The average molecular weight is 480 g/mol. The van der Waals surface area contributed by atoms with E-state index in [-0.39, 0.29) is 31.2 Å². The summed E-state index contributed by atoms with van der Waals surface area (Å²) in [5, 5.41) is 12.3. The number of benzene rings is 2. The van der Waals surface area contributed by atoms with Crippen LogP contribution in [0.1, 0.15) is 45.2 Å². The smallest absolute Gasteiger partial charge is 0.238 e. The van der Waals surface area contributed by atoms with Gasteiger partial charge in [0.1, 0.15) is 0 Å². The normalized spacial score (nSPS) is 13.5. The Balaban J connectivity index is 0.000000795. The van der Waals surface area contributed by atoms with E-state index in [0.717, 1.165) is 41.2 Å². The number of nitrogens with one attached hydrogen (secondary N) is 2. The van der Waals surface area contributed by atoms with Crippen molar-refractivity contribution in [2.24, 2.45) is 10.8 Å². The van der Waals surface area contributed by atoms with Gasteiger partial charge in [-0.25, -0.2) is 5.01 Å². The number of ether oxygens (including phenoxy) is 2. The zero-order chi connectivity index (χ0) is 25.5. The summed E-state index contributed by atoms with van der Waals surface area (Å²) >= 11 is 0. The molecule has 186 valence electrons. The minimum absolute atomic E-state index is 0.0683. The second-order valence-electron chi connectivity index (χ2n) is 8.69. The Morgan fingerprint density at radius 1 is 1.14 bits per heavy atom. The van der Waals surface area contributed by atoms with Crippen LogP contribution >= 0.6 is 0 Å². The van der Waals surface area contributed by atoms with E-state index in [1.54, 1.807) is 0 Å². The Hall–Kier alpha value is -3.85. The summed E-state index contributed by atoms with van der Waals surface area (Å²) < 4.78 is 11.0. The number of carbonyl (C=O) groups excluding carboxylic acids is 2. The van der Waals surface area contributed by atoms with E-state index in [1.165, 1.54) is 18.1 Å². The van der Waals surface area contributed by atoms with Gasteiger partial charge in [0.15, 0.2) is 11.5 Å². The highest BCUT2D eigenvalue weighted by molar-refractivity contribution is 5.94. The molecule has 0 saturated carbocycles. The van der Waals surface area contributed by atoms with Gasteiger partial charge >= 0.3 is 0 Å². The molecule has 35 heavy (non-hydrogen) atoms. The Kier molecular flexibility index (Phi) is 8.48. The molecular formula is C26H33N5O4. The van der Waals surface area contributed by atoms with Crippen molar-refractivity contribution in [3.05, 3.63) is 53.1 Å². The molecule has 2 aromatic carbocycles. The topological polar surface area (TPSA) is 118 Å². The standard InChI is InChI=1S/C24H28N4O3.C2H5NO/c1-15(2)26-13-23(29)27-18-8-7-17-6-5-16(3)24(20(17)11-18)28(25-4)19-9-10-21-22(12-19)31-14-30-21;1-2(3)4/h7-12,15,26H,4-6,13-14H2,1-3H3,(H,27,29);1H3,(H2,3,4). The van der Waals surface area contributed by atoms with Gasteiger partial charge in [-0.2, -0.15) is 5.10 Å². The van der Waals surface area contributed by atoms with Crippen LogP contribution in [0.2, 0.25) is 0 Å². The molecule has 1 aliphatic carbocycles. The first kappa shape index (κ1) is 25.8. The number of primary amides is 1. The summed E-state index contributed by atoms with van der Waals surface area (Å²) in [5.41, 5.74) is 10.5. The molecule has 1 aliphatic heterocycles. The van der Waals surface area contributed by atoms with Crippen LogP contribution in [0.4, 0.5) is 11.4 Å². The summed E-state index contributed by atoms with van der Waals surface area (Å²) in [4.78, 5) is 21.5. The molecule has 2 aliphatic rings. The number of allylic oxidation sites excluding steroid dienone is 1. The van der Waals surface area contributed by atoms with Crippen molar-refractivity contribution < 1.29 is 19.1 Å². The maximum atomic E-state index is 12.3. The van der Waals surface area contributed by atoms with Crippen LogP contribution in [0, 0.1) is 0 Å². The van der Waals surface area contributed by atoms with Crippen molar-refractivity contribution in [3.8, 4) is 11.5 Å². The number of fused-ring (bicyclic) bond motifs is 2. The van der Waals surface area contributed by atoms with Crippen molar-refractivity contribution in [1.29, 1.82) is 0 Å². The number of aryl methyl sites for hydroxylation is 1. The van der Waals surface area contributed by atoms with E-state index in [0.29, 0.717) is 5.75 Å². The highest BCUT2D eigenvalue weighted by Crippen LogP contribution is 2.41. The molecule has 0 unspecified atom stereocenters. The fourth-order valence-electron chi connectivity index (χ4n) is 3.86. The summed E-state index contributed by atoms with van der Waals surface area (Å²) in [7, 11) is 0. The molecule has 0 saturated heterocycles. The lowest BCUT2D eigenvalue weighted by Crippen LogP contribution is -2.32. The summed E-state index contributed by atoms with van der Waals surface area (Å²) in [5.74, 6) is 1.02. The predicted octanol–water partition coefficient (Wildman–Crippen LogP) is 3.64. The molecule has 9 nitrogen and oxygen atoms in total. The van der Waals surface area contributed by atoms with Crippen molar-refractivity contribution in [3.63, 3.8) is 0 Å². The van der Waals surface area contributed by atoms with Gasteiger partial charge in [-0.05, 0) is 55.2 Å². The van der Waals surface area contributed by atoms with Crippen LogP contribution in [-0.2, 0) is 16.0 Å². The minimum Gasteiger partial charge on any atom is -0.454 e. The van der Waals surface area contributed by atoms with E-state index in [9.17, 15) is 9.59 Å². The molecule has 0 bridgehead atoms. The van der Waals surface area contributed by atoms with E-state index in [2.05, 4.69) is 41.2 Å². The predicted molar refractivity (Wildman–Crippen MR) is 139 cm³/mol. The molecule has 0 atom stereocenters. The van der Waals surface area contributed by atoms with E-state index in [4.69, 9.17) is 9.47 Å². The summed E-state index contributed by atoms with van der Waals surface area (Å²) in [6, 6.07) is 12.0. The maximum Gasteiger partial charge on any atom is 0.238 e. The van der Waals surface area contributed by atoms with Gasteiger partial charge in [0.25, 0.3) is 0 Å². The number of amides is 2. The monoisotopic (exact) mass is 479 g/mol. The van der Waals surface area contributed by atoms with Gasteiger partial charge in [0.05, 0.1) is 17.9 Å². The molecule has 0 radical (unpaired) electrons. The number of hydrogen-bond donors (Lipinski definition) is 3. The Labute approximate surface area is 206 Å². The molecule has 0 spiro atoms. The maximum absolute atomic E-state index is 12.3. The third-order valence-electron chi connectivity index (χ3n) is 5.45. The first-order chi connectivity index (χ1) is 16.7. The molecule has 1 heterocycles. The molecule has 0 fully saturated rings. The number of nitrogens with zero attached hydrogens (tertiary/aromatic N) is 2. The molecular weight excluding hydrogens is 446 g/mol. The van der Waals surface area contributed by atoms with E-state index >= 15 is 0 Å². The number of anilines is 2. The van der Waals surface area contributed by atoms with Crippen LogP contribution in [0.5, 0.6) is 11.5 Å². The zero-order valence-electron chi connectivity index (χ0n) is 20.7. The number of hydrazone groups is 1. The Bertz CT molecular complexity index is 1140. The highest BCUT2D eigenvalue weighted by atomic mass is 16.7. The number of hydrogen-bond acceptors (Lipinski definition) is 7. The molecule has 2 amide bonds. The number of carbonyl (C=O) groups is 2. The van der Waals surface area contributed by atoms with Crippen molar-refractivity contribution in [1.82, 2.24) is 5.32 Å². The van der Waals surface area contributed by atoms with Gasteiger partial charge < -0.3 is 25.8 Å². The Morgan fingerprint density at radius 3 is 2.54 bits per heavy atom. The van der Waals surface area contributed by atoms with Crippen molar-refractivity contribution in [2.45, 2.75) is 46.6 Å². The molecule has 9 heteroatoms. The van der Waals surface area contributed by atoms with Crippen molar-refractivity contribution in [2.75, 3.05) is 23.7 Å². The molecule has 2 aromatic rings. The van der Waals surface area contributed by atoms with Crippen molar-refractivity contribution >= 4 is 35.6 Å². The quantitative estimate of drug-likeness (QED) is 0.412.